The molecule has 0 aliphatic heterocycles. The van der Waals surface area contributed by atoms with E-state index in [1.165, 1.54) is 0 Å². The number of para-hydroxylation sites is 2. The summed E-state index contributed by atoms with van der Waals surface area (Å²) in [5.41, 5.74) is 12.8. The van der Waals surface area contributed by atoms with Gasteiger partial charge in [-0.25, -0.2) is 15.0 Å². The van der Waals surface area contributed by atoms with E-state index in [0.29, 0.717) is 17.5 Å². The SMILES string of the molecule is c1ccc(-c2nc(-c3ccccc3)nc(-c3ccc(-c4cccc5c4oc4c(-c6cc(-c7cccnc7)cc(-c7cccnc7)c6)cccc45)c4ccccc34)n2)cc1. The lowest BCUT2D eigenvalue weighted by Crippen LogP contribution is -2.00. The highest BCUT2D eigenvalue weighted by Gasteiger charge is 2.20. The molecule has 4 aromatic heterocycles. The minimum atomic E-state index is 0.617. The zero-order valence-corrected chi connectivity index (χ0v) is 31.7. The van der Waals surface area contributed by atoms with Gasteiger partial charge in [-0.1, -0.05) is 140 Å². The van der Waals surface area contributed by atoms with Gasteiger partial charge in [0.1, 0.15) is 11.2 Å². The highest BCUT2D eigenvalue weighted by molar-refractivity contribution is 6.15. The van der Waals surface area contributed by atoms with Crippen LogP contribution < -0.4 is 0 Å². The number of hydrogen-bond donors (Lipinski definition) is 0. The summed E-state index contributed by atoms with van der Waals surface area (Å²) in [6.45, 7) is 0. The summed E-state index contributed by atoms with van der Waals surface area (Å²) in [4.78, 5) is 23.9. The number of hydrogen-bond acceptors (Lipinski definition) is 6. The molecular formula is C53H33N5O. The van der Waals surface area contributed by atoms with Gasteiger partial charge in [0.2, 0.25) is 0 Å². The van der Waals surface area contributed by atoms with Crippen molar-refractivity contribution in [3.8, 4) is 78.7 Å². The molecule has 11 rings (SSSR count). The maximum atomic E-state index is 7.05. The lowest BCUT2D eigenvalue weighted by Gasteiger charge is -2.13. The summed E-state index contributed by atoms with van der Waals surface area (Å²) >= 11 is 0. The highest BCUT2D eigenvalue weighted by atomic mass is 16.3. The first kappa shape index (κ1) is 34.2. The van der Waals surface area contributed by atoms with Crippen LogP contribution in [-0.4, -0.2) is 24.9 Å². The Balaban J connectivity index is 1.08. The van der Waals surface area contributed by atoms with Crippen LogP contribution in [0.5, 0.6) is 0 Å². The quantitative estimate of drug-likeness (QED) is 0.161. The third-order valence-electron chi connectivity index (χ3n) is 10.9. The molecule has 0 saturated carbocycles. The summed E-state index contributed by atoms with van der Waals surface area (Å²) in [7, 11) is 0. The molecule has 0 radical (unpaired) electrons. The van der Waals surface area contributed by atoms with E-state index in [4.69, 9.17) is 19.4 Å². The highest BCUT2D eigenvalue weighted by Crippen LogP contribution is 2.44. The Morgan fingerprint density at radius 1 is 0.288 bits per heavy atom. The van der Waals surface area contributed by atoms with Crippen molar-refractivity contribution in [2.24, 2.45) is 0 Å². The normalized spacial score (nSPS) is 11.4. The second kappa shape index (κ2) is 14.4. The van der Waals surface area contributed by atoms with Crippen LogP contribution in [0.15, 0.2) is 205 Å². The van der Waals surface area contributed by atoms with Gasteiger partial charge in [0.25, 0.3) is 0 Å². The van der Waals surface area contributed by atoms with Gasteiger partial charge in [0.05, 0.1) is 0 Å². The molecule has 6 nitrogen and oxygen atoms in total. The molecule has 0 atom stereocenters. The fourth-order valence-corrected chi connectivity index (χ4v) is 8.10. The molecule has 0 spiro atoms. The number of benzene rings is 7. The number of pyridine rings is 2. The number of fused-ring (bicyclic) bond motifs is 4. The first-order valence-corrected chi connectivity index (χ1v) is 19.6. The maximum absolute atomic E-state index is 7.05. The topological polar surface area (TPSA) is 77.6 Å². The van der Waals surface area contributed by atoms with E-state index in [2.05, 4.69) is 113 Å². The molecule has 0 N–H and O–H groups in total. The molecule has 11 aromatic rings. The van der Waals surface area contributed by atoms with Crippen molar-refractivity contribution in [2.45, 2.75) is 0 Å². The van der Waals surface area contributed by atoms with Crippen LogP contribution in [0.2, 0.25) is 0 Å². The van der Waals surface area contributed by atoms with Crippen molar-refractivity contribution in [1.29, 1.82) is 0 Å². The molecule has 0 aliphatic carbocycles. The Bertz CT molecular complexity index is 3200. The van der Waals surface area contributed by atoms with Crippen LogP contribution >= 0.6 is 0 Å². The lowest BCUT2D eigenvalue weighted by molar-refractivity contribution is 0.671. The van der Waals surface area contributed by atoms with Crippen LogP contribution in [0, 0.1) is 0 Å². The summed E-state index contributed by atoms with van der Waals surface area (Å²) in [6.07, 6.45) is 7.41. The fraction of sp³-hybridized carbons (Fsp3) is 0. The number of furan rings is 1. The van der Waals surface area contributed by atoms with E-state index >= 15 is 0 Å². The zero-order chi connectivity index (χ0) is 39.1. The van der Waals surface area contributed by atoms with Gasteiger partial charge in [-0.3, -0.25) is 9.97 Å². The third-order valence-corrected chi connectivity index (χ3v) is 10.9. The number of aromatic nitrogens is 5. The predicted molar refractivity (Wildman–Crippen MR) is 238 cm³/mol. The molecular weight excluding hydrogens is 723 g/mol. The molecule has 276 valence electrons. The Morgan fingerprint density at radius 3 is 1.32 bits per heavy atom. The van der Waals surface area contributed by atoms with Crippen molar-refractivity contribution < 1.29 is 4.42 Å². The van der Waals surface area contributed by atoms with Crippen molar-refractivity contribution in [3.63, 3.8) is 0 Å². The first-order valence-electron chi connectivity index (χ1n) is 19.6. The minimum Gasteiger partial charge on any atom is -0.455 e. The second-order valence-electron chi connectivity index (χ2n) is 14.5. The molecule has 0 aliphatic rings. The van der Waals surface area contributed by atoms with Gasteiger partial charge in [-0.15, -0.1) is 0 Å². The van der Waals surface area contributed by atoms with Crippen molar-refractivity contribution in [2.75, 3.05) is 0 Å². The van der Waals surface area contributed by atoms with Crippen LogP contribution in [0.4, 0.5) is 0 Å². The molecule has 0 saturated heterocycles. The average molecular weight is 756 g/mol. The van der Waals surface area contributed by atoms with Crippen LogP contribution in [-0.2, 0) is 0 Å². The monoisotopic (exact) mass is 755 g/mol. The fourth-order valence-electron chi connectivity index (χ4n) is 8.10. The number of rotatable bonds is 7. The first-order chi connectivity index (χ1) is 29.2. The van der Waals surface area contributed by atoms with Gasteiger partial charge in [-0.2, -0.15) is 0 Å². The molecule has 0 amide bonds. The van der Waals surface area contributed by atoms with E-state index in [1.54, 1.807) is 12.4 Å². The van der Waals surface area contributed by atoms with E-state index in [1.807, 2.05) is 85.2 Å². The smallest absolute Gasteiger partial charge is 0.164 e. The van der Waals surface area contributed by atoms with Crippen LogP contribution in [0.25, 0.3) is 111 Å². The Kier molecular flexibility index (Phi) is 8.37. The van der Waals surface area contributed by atoms with E-state index < -0.39 is 0 Å². The van der Waals surface area contributed by atoms with Gasteiger partial charge in [0.15, 0.2) is 17.5 Å². The summed E-state index contributed by atoms with van der Waals surface area (Å²) in [5, 5.41) is 4.23. The predicted octanol–water partition coefficient (Wildman–Crippen LogP) is 13.4. The van der Waals surface area contributed by atoms with E-state index in [0.717, 1.165) is 93.9 Å². The molecule has 6 heteroatoms. The van der Waals surface area contributed by atoms with Gasteiger partial charge >= 0.3 is 0 Å². The molecule has 0 unspecified atom stereocenters. The second-order valence-corrected chi connectivity index (χ2v) is 14.5. The Labute approximate surface area is 340 Å². The standard InChI is InChI=1S/C53H33N5O/c1-3-13-34(14-4-1)51-56-52(35-15-5-2-6-16-35)58-53(57-51)48-26-25-44(42-19-7-8-20-43(42)48)45-22-10-24-47-46-23-9-21-41(49(46)59-50(45)47)40-30-38(36-17-11-27-54-32-36)29-39(31-40)37-18-12-28-55-33-37/h1-33H. The molecule has 7 aromatic carbocycles. The minimum absolute atomic E-state index is 0.617. The van der Waals surface area contributed by atoms with Crippen LogP contribution in [0.1, 0.15) is 0 Å². The summed E-state index contributed by atoms with van der Waals surface area (Å²) < 4.78 is 7.05. The Morgan fingerprint density at radius 2 is 0.746 bits per heavy atom. The van der Waals surface area contributed by atoms with E-state index in [9.17, 15) is 0 Å². The van der Waals surface area contributed by atoms with Gasteiger partial charge < -0.3 is 4.42 Å². The molecule has 59 heavy (non-hydrogen) atoms. The Hall–Kier alpha value is -8.09. The lowest BCUT2D eigenvalue weighted by atomic mass is 9.93. The molecule has 0 bridgehead atoms. The number of nitrogens with zero attached hydrogens (tertiary/aromatic N) is 5. The average Bonchev–Trinajstić information content (AvgIpc) is 3.71. The third kappa shape index (κ3) is 6.20. The summed E-state index contributed by atoms with van der Waals surface area (Å²) in [5.74, 6) is 1.87. The zero-order valence-electron chi connectivity index (χ0n) is 31.7. The van der Waals surface area contributed by atoms with Crippen molar-refractivity contribution in [1.82, 2.24) is 24.9 Å². The van der Waals surface area contributed by atoms with Crippen LogP contribution in [0.3, 0.4) is 0 Å². The molecule has 0 fully saturated rings. The van der Waals surface area contributed by atoms with Crippen molar-refractivity contribution in [3.05, 3.63) is 201 Å². The van der Waals surface area contributed by atoms with E-state index in [-0.39, 0.29) is 0 Å². The van der Waals surface area contributed by atoms with Gasteiger partial charge in [0, 0.05) is 74.5 Å². The van der Waals surface area contributed by atoms with Crippen molar-refractivity contribution >= 4 is 32.7 Å². The molecule has 4 heterocycles. The summed E-state index contributed by atoms with van der Waals surface area (Å²) in [6, 6.07) is 60.5. The van der Waals surface area contributed by atoms with Gasteiger partial charge in [-0.05, 0) is 69.4 Å². The maximum Gasteiger partial charge on any atom is 0.164 e. The largest absolute Gasteiger partial charge is 0.455 e.